The van der Waals surface area contributed by atoms with Crippen molar-refractivity contribution < 1.29 is 18.0 Å². The summed E-state index contributed by atoms with van der Waals surface area (Å²) >= 11 is -0.208. The lowest BCUT2D eigenvalue weighted by molar-refractivity contribution is 0.00578. The number of amides is 1. The standard InChI is InChI=1S/C17H18BFN4O3S/c1-16(2)17(3,4)26-18(25-16)12-7-5-6-8-13(12)22-15(24)14-21-11(9-20)10-23(14)27-19/h5-8,10H,1-4H3,(H,22,24). The van der Waals surface area contributed by atoms with Crippen LogP contribution in [0.4, 0.5) is 9.57 Å². The number of nitrogens with one attached hydrogen (secondary N) is 1. The first kappa shape index (κ1) is 19.4. The summed E-state index contributed by atoms with van der Waals surface area (Å²) < 4.78 is 26.0. The molecule has 1 N–H and O–H groups in total. The molecule has 7 nitrogen and oxygen atoms in total. The lowest BCUT2D eigenvalue weighted by Gasteiger charge is -2.32. The number of hydrogen-bond donors (Lipinski definition) is 1. The van der Waals surface area contributed by atoms with Crippen LogP contribution in [0.5, 0.6) is 0 Å². The van der Waals surface area contributed by atoms with Crippen LogP contribution < -0.4 is 10.8 Å². The molecule has 0 saturated carbocycles. The first-order chi connectivity index (χ1) is 12.7. The Morgan fingerprint density at radius 3 is 2.52 bits per heavy atom. The van der Waals surface area contributed by atoms with Crippen molar-refractivity contribution in [2.45, 2.75) is 38.9 Å². The fraction of sp³-hybridized carbons (Fsp3) is 0.353. The number of imidazole rings is 1. The highest BCUT2D eigenvalue weighted by molar-refractivity contribution is 7.92. The molecule has 0 spiro atoms. The lowest BCUT2D eigenvalue weighted by atomic mass is 9.78. The molecule has 0 unspecified atom stereocenters. The summed E-state index contributed by atoms with van der Waals surface area (Å²) in [5, 5.41) is 11.6. The van der Waals surface area contributed by atoms with Gasteiger partial charge in [0.2, 0.25) is 5.82 Å². The third-order valence-electron chi connectivity index (χ3n) is 4.78. The van der Waals surface area contributed by atoms with Crippen molar-refractivity contribution in [3.05, 3.63) is 42.0 Å². The number of benzene rings is 1. The van der Waals surface area contributed by atoms with Gasteiger partial charge >= 0.3 is 7.12 Å². The quantitative estimate of drug-likeness (QED) is 0.811. The molecule has 1 fully saturated rings. The fourth-order valence-corrected chi connectivity index (χ4v) is 2.92. The average molecular weight is 388 g/mol. The molecular weight excluding hydrogens is 370 g/mol. The molecule has 2 aromatic rings. The van der Waals surface area contributed by atoms with E-state index in [4.69, 9.17) is 14.6 Å². The molecule has 1 aromatic carbocycles. The summed E-state index contributed by atoms with van der Waals surface area (Å²) in [7, 11) is -0.670. The van der Waals surface area contributed by atoms with E-state index in [0.717, 1.165) is 10.2 Å². The van der Waals surface area contributed by atoms with Crippen LogP contribution in [0.15, 0.2) is 30.5 Å². The molecule has 27 heavy (non-hydrogen) atoms. The highest BCUT2D eigenvalue weighted by Gasteiger charge is 2.52. The number of carbonyl (C=O) groups excluding carboxylic acids is 1. The molecule has 3 rings (SSSR count). The van der Waals surface area contributed by atoms with Gasteiger partial charge in [0.05, 0.1) is 17.4 Å². The Labute approximate surface area is 161 Å². The van der Waals surface area contributed by atoms with E-state index in [9.17, 15) is 8.68 Å². The number of para-hydroxylation sites is 1. The largest absolute Gasteiger partial charge is 0.496 e. The minimum atomic E-state index is -0.670. The molecule has 1 amide bonds. The van der Waals surface area contributed by atoms with Crippen molar-refractivity contribution in [2.24, 2.45) is 0 Å². The predicted octanol–water partition coefficient (Wildman–Crippen LogP) is 2.69. The number of carbonyl (C=O) groups is 1. The van der Waals surface area contributed by atoms with E-state index in [1.54, 1.807) is 24.3 Å². The van der Waals surface area contributed by atoms with Crippen molar-refractivity contribution >= 4 is 36.5 Å². The number of nitriles is 1. The number of anilines is 1. The third-order valence-corrected chi connectivity index (χ3v) is 5.21. The minimum absolute atomic E-state index is 0.0513. The Balaban J connectivity index is 1.89. The van der Waals surface area contributed by atoms with Crippen LogP contribution in [0.25, 0.3) is 0 Å². The summed E-state index contributed by atoms with van der Waals surface area (Å²) in [6.07, 6.45) is 1.15. The second-order valence-corrected chi connectivity index (χ2v) is 7.62. The zero-order chi connectivity index (χ0) is 19.8. The molecule has 2 heterocycles. The fourth-order valence-electron chi connectivity index (χ4n) is 2.59. The van der Waals surface area contributed by atoms with Crippen molar-refractivity contribution in [1.82, 2.24) is 8.96 Å². The van der Waals surface area contributed by atoms with Gasteiger partial charge in [-0.1, -0.05) is 18.2 Å². The van der Waals surface area contributed by atoms with Crippen LogP contribution in [-0.4, -0.2) is 33.2 Å². The Kier molecular flexibility index (Phi) is 5.03. The molecule has 0 atom stereocenters. The summed E-state index contributed by atoms with van der Waals surface area (Å²) in [4.78, 5) is 16.4. The summed E-state index contributed by atoms with van der Waals surface area (Å²) in [6.45, 7) is 7.75. The van der Waals surface area contributed by atoms with Gasteiger partial charge in [0.25, 0.3) is 5.91 Å². The maximum atomic E-state index is 13.0. The van der Waals surface area contributed by atoms with Crippen LogP contribution >= 0.6 is 12.3 Å². The Morgan fingerprint density at radius 1 is 1.30 bits per heavy atom. The molecule has 1 saturated heterocycles. The molecule has 0 bridgehead atoms. The predicted molar refractivity (Wildman–Crippen MR) is 101 cm³/mol. The number of nitrogens with zero attached hydrogens (tertiary/aromatic N) is 3. The Morgan fingerprint density at radius 2 is 1.93 bits per heavy atom. The lowest BCUT2D eigenvalue weighted by Crippen LogP contribution is -2.41. The molecule has 1 aliphatic rings. The van der Waals surface area contributed by atoms with E-state index in [2.05, 4.69) is 10.3 Å². The van der Waals surface area contributed by atoms with Crippen LogP contribution in [0.2, 0.25) is 0 Å². The van der Waals surface area contributed by atoms with Gasteiger partial charge in [0.1, 0.15) is 6.07 Å². The molecular formula is C17H18BFN4O3S. The van der Waals surface area contributed by atoms with Crippen LogP contribution in [-0.2, 0) is 9.31 Å². The van der Waals surface area contributed by atoms with Gasteiger partial charge in [-0.25, -0.2) is 8.96 Å². The van der Waals surface area contributed by atoms with Crippen LogP contribution in [0.3, 0.4) is 0 Å². The van der Waals surface area contributed by atoms with E-state index in [1.165, 1.54) is 0 Å². The molecule has 0 radical (unpaired) electrons. The number of rotatable bonds is 4. The monoisotopic (exact) mass is 388 g/mol. The normalized spacial score (nSPS) is 17.6. The van der Waals surface area contributed by atoms with Gasteiger partial charge in [0.15, 0.2) is 18.0 Å². The molecule has 0 aliphatic carbocycles. The van der Waals surface area contributed by atoms with E-state index >= 15 is 0 Å². The summed E-state index contributed by atoms with van der Waals surface area (Å²) in [5.41, 5.74) is -0.0201. The maximum Gasteiger partial charge on any atom is 0.496 e. The second-order valence-electron chi connectivity index (χ2n) is 7.09. The van der Waals surface area contributed by atoms with Gasteiger partial charge in [-0.3, -0.25) is 4.79 Å². The molecule has 1 aromatic heterocycles. The SMILES string of the molecule is CC1(C)OB(c2ccccc2NC(=O)c2nc(C#N)cn2SF)OC1(C)C. The second kappa shape index (κ2) is 7.00. The molecule has 10 heteroatoms. The number of hydrogen-bond acceptors (Lipinski definition) is 6. The van der Waals surface area contributed by atoms with Gasteiger partial charge in [-0.2, -0.15) is 5.26 Å². The van der Waals surface area contributed by atoms with Gasteiger partial charge < -0.3 is 14.6 Å². The zero-order valence-corrected chi connectivity index (χ0v) is 16.1. The summed E-state index contributed by atoms with van der Waals surface area (Å²) in [6, 6.07) is 8.82. The van der Waals surface area contributed by atoms with E-state index in [1.807, 2.05) is 33.8 Å². The Hall–Kier alpha value is -2.35. The third kappa shape index (κ3) is 3.58. The summed E-state index contributed by atoms with van der Waals surface area (Å²) in [5.74, 6) is -0.867. The topological polar surface area (TPSA) is 89.2 Å². The van der Waals surface area contributed by atoms with E-state index in [0.29, 0.717) is 11.2 Å². The smallest absolute Gasteiger partial charge is 0.399 e. The number of halogens is 1. The molecule has 1 aliphatic heterocycles. The maximum absolute atomic E-state index is 13.0. The van der Waals surface area contributed by atoms with Gasteiger partial charge in [0, 0.05) is 11.2 Å². The first-order valence-corrected chi connectivity index (χ1v) is 8.90. The highest BCUT2D eigenvalue weighted by Crippen LogP contribution is 2.37. The van der Waals surface area contributed by atoms with Crippen LogP contribution in [0, 0.1) is 11.3 Å². The van der Waals surface area contributed by atoms with Crippen LogP contribution in [0.1, 0.15) is 44.0 Å². The zero-order valence-electron chi connectivity index (χ0n) is 15.3. The van der Waals surface area contributed by atoms with Crippen molar-refractivity contribution in [3.63, 3.8) is 0 Å². The Bertz CT molecular complexity index is 909. The van der Waals surface area contributed by atoms with E-state index < -0.39 is 24.2 Å². The highest BCUT2D eigenvalue weighted by atomic mass is 32.2. The van der Waals surface area contributed by atoms with E-state index in [-0.39, 0.29) is 23.9 Å². The van der Waals surface area contributed by atoms with Gasteiger partial charge in [-0.15, -0.1) is 3.89 Å². The van der Waals surface area contributed by atoms with Crippen molar-refractivity contribution in [1.29, 1.82) is 5.26 Å². The first-order valence-electron chi connectivity index (χ1n) is 8.23. The van der Waals surface area contributed by atoms with Crippen molar-refractivity contribution in [3.8, 4) is 6.07 Å². The minimum Gasteiger partial charge on any atom is -0.399 e. The number of aromatic nitrogens is 2. The average Bonchev–Trinajstić information content (AvgIpc) is 3.13. The molecule has 140 valence electrons. The van der Waals surface area contributed by atoms with Gasteiger partial charge in [-0.05, 0) is 33.8 Å². The van der Waals surface area contributed by atoms with Crippen molar-refractivity contribution in [2.75, 3.05) is 5.32 Å².